The maximum Gasteiger partial charge on any atom is 0.414 e. The number of rotatable bonds is 4. The summed E-state index contributed by atoms with van der Waals surface area (Å²) in [5.74, 6) is 0.440. The molecule has 0 unspecified atom stereocenters. The van der Waals surface area contributed by atoms with E-state index in [0.29, 0.717) is 0 Å². The highest BCUT2D eigenvalue weighted by Gasteiger charge is 2.34. The van der Waals surface area contributed by atoms with Crippen LogP contribution >= 0.6 is 11.8 Å². The van der Waals surface area contributed by atoms with Crippen LogP contribution in [0.1, 0.15) is 24.3 Å². The molecule has 0 aliphatic carbocycles. The van der Waals surface area contributed by atoms with Crippen LogP contribution in [0, 0.1) is 17.2 Å². The number of benzene rings is 1. The van der Waals surface area contributed by atoms with Crippen LogP contribution < -0.4 is 9.81 Å². The predicted molar refractivity (Wildman–Crippen MR) is 85.4 cm³/mol. The van der Waals surface area contributed by atoms with Crippen LogP contribution in [-0.2, 0) is 4.74 Å². The van der Waals surface area contributed by atoms with Crippen LogP contribution in [0.5, 0.6) is 0 Å². The Bertz CT molecular complexity index is 667. The third kappa shape index (κ3) is 3.42. The second kappa shape index (κ2) is 7.27. The molecule has 1 atom stereocenters. The van der Waals surface area contributed by atoms with E-state index >= 15 is 0 Å². The van der Waals surface area contributed by atoms with Gasteiger partial charge in [-0.3, -0.25) is 4.90 Å². The van der Waals surface area contributed by atoms with Gasteiger partial charge >= 0.3 is 6.09 Å². The highest BCUT2D eigenvalue weighted by Crippen LogP contribution is 2.36. The average Bonchev–Trinajstić information content (AvgIpc) is 2.94. The Kier molecular flexibility index (Phi) is 5.11. The summed E-state index contributed by atoms with van der Waals surface area (Å²) in [6.45, 7) is 0.171. The van der Waals surface area contributed by atoms with E-state index in [9.17, 15) is 13.6 Å². The number of hydrogen-bond acceptors (Lipinski definition) is 5. The molecule has 1 amide bonds. The molecule has 2 aliphatic heterocycles. The summed E-state index contributed by atoms with van der Waals surface area (Å²) in [5.41, 5.74) is 6.86. The SMILES string of the molecule is N=[N+]=NC[C@H]1CN(c2cc(F)c(C3CCSCC3)c(F)c2)C(=O)O1. The van der Waals surface area contributed by atoms with Crippen molar-refractivity contribution in [2.45, 2.75) is 24.9 Å². The Balaban J connectivity index is 1.82. The minimum atomic E-state index is -0.680. The van der Waals surface area contributed by atoms with Crippen LogP contribution in [0.3, 0.4) is 0 Å². The molecule has 2 saturated heterocycles. The molecule has 1 aromatic rings. The first-order valence-electron chi connectivity index (χ1n) is 7.68. The van der Waals surface area contributed by atoms with Gasteiger partial charge in [0, 0.05) is 5.56 Å². The van der Waals surface area contributed by atoms with Crippen LogP contribution in [0.2, 0.25) is 0 Å². The number of nitrogens with one attached hydrogen (secondary N) is 1. The van der Waals surface area contributed by atoms with Crippen molar-refractivity contribution in [1.29, 1.82) is 5.53 Å². The lowest BCUT2D eigenvalue weighted by atomic mass is 9.92. The molecule has 0 saturated carbocycles. The van der Waals surface area contributed by atoms with E-state index in [1.165, 1.54) is 17.0 Å². The van der Waals surface area contributed by atoms with Gasteiger partial charge in [-0.2, -0.15) is 11.8 Å². The minimum absolute atomic E-state index is 0.0501. The molecule has 2 heterocycles. The maximum absolute atomic E-state index is 14.5. The van der Waals surface area contributed by atoms with Gasteiger partial charge in [0.2, 0.25) is 4.91 Å². The molecule has 24 heavy (non-hydrogen) atoms. The van der Waals surface area contributed by atoms with E-state index in [1.54, 1.807) is 11.8 Å². The molecule has 2 fully saturated rings. The molecule has 6 nitrogen and oxygen atoms in total. The van der Waals surface area contributed by atoms with E-state index in [0.717, 1.165) is 24.3 Å². The lowest BCUT2D eigenvalue weighted by Gasteiger charge is -2.23. The number of hydrogen-bond donors (Lipinski definition) is 1. The van der Waals surface area contributed by atoms with Gasteiger partial charge in [0.1, 0.15) is 28.4 Å². The van der Waals surface area contributed by atoms with Crippen molar-refractivity contribution in [2.24, 2.45) is 5.11 Å². The zero-order valence-electron chi connectivity index (χ0n) is 12.9. The Morgan fingerprint density at radius 3 is 2.62 bits per heavy atom. The topological polar surface area (TPSA) is 79.9 Å². The smallest absolute Gasteiger partial charge is 0.414 e. The largest absolute Gasteiger partial charge is 0.442 e. The summed E-state index contributed by atoms with van der Waals surface area (Å²) in [6, 6.07) is 2.38. The normalized spacial score (nSPS) is 21.5. The number of halogens is 2. The van der Waals surface area contributed by atoms with Gasteiger partial charge < -0.3 is 4.74 Å². The van der Waals surface area contributed by atoms with E-state index in [2.05, 4.69) is 10.0 Å². The van der Waals surface area contributed by atoms with Crippen molar-refractivity contribution in [2.75, 3.05) is 29.5 Å². The van der Waals surface area contributed by atoms with Gasteiger partial charge in [-0.05, 0) is 42.4 Å². The van der Waals surface area contributed by atoms with Crippen molar-refractivity contribution < 1.29 is 18.3 Å². The standard InChI is InChI=1S/C15H17F2N4O2S/c16-12-5-10(21-8-11(7-19-20-18)23-15(21)22)6-13(17)14(12)9-1-3-24-4-2-9/h5-6,9,11,18H,1-4,7-8H2/q+1/t11-/m0/s1. The number of cyclic esters (lactones) is 1. The maximum atomic E-state index is 14.5. The Hall–Kier alpha value is -1.99. The van der Waals surface area contributed by atoms with Gasteiger partial charge in [-0.25, -0.2) is 13.6 Å². The minimum Gasteiger partial charge on any atom is -0.442 e. The number of ether oxygens (including phenoxy) is 1. The van der Waals surface area contributed by atoms with E-state index in [1.807, 2.05) is 0 Å². The molecular formula is C15H17F2N4O2S+. The number of thioether (sulfide) groups is 1. The fourth-order valence-electron chi connectivity index (χ4n) is 3.06. The lowest BCUT2D eigenvalue weighted by Crippen LogP contribution is -2.26. The fourth-order valence-corrected chi connectivity index (χ4v) is 4.17. The monoisotopic (exact) mass is 355 g/mol. The zero-order valence-corrected chi connectivity index (χ0v) is 13.7. The van der Waals surface area contributed by atoms with Crippen molar-refractivity contribution in [3.05, 3.63) is 29.3 Å². The third-order valence-corrected chi connectivity index (χ3v) is 5.28. The van der Waals surface area contributed by atoms with Gasteiger partial charge in [0.15, 0.2) is 6.54 Å². The number of amides is 1. The summed E-state index contributed by atoms with van der Waals surface area (Å²) < 4.78 is 34.0. The Morgan fingerprint density at radius 2 is 2.00 bits per heavy atom. The van der Waals surface area contributed by atoms with Gasteiger partial charge in [0.05, 0.1) is 12.2 Å². The molecular weight excluding hydrogens is 338 g/mol. The molecule has 3 rings (SSSR count). The molecule has 0 spiro atoms. The summed E-state index contributed by atoms with van der Waals surface area (Å²) in [5, 5.41) is 3.46. The lowest BCUT2D eigenvalue weighted by molar-refractivity contribution is 0.144. The van der Waals surface area contributed by atoms with Crippen molar-refractivity contribution in [3.63, 3.8) is 0 Å². The fraction of sp³-hybridized carbons (Fsp3) is 0.533. The number of nitrogens with zero attached hydrogens (tertiary/aromatic N) is 3. The van der Waals surface area contributed by atoms with Crippen LogP contribution in [-0.4, -0.2) is 36.8 Å². The van der Waals surface area contributed by atoms with Gasteiger partial charge in [0.25, 0.3) is 0 Å². The van der Waals surface area contributed by atoms with Crippen molar-refractivity contribution in [3.8, 4) is 0 Å². The average molecular weight is 355 g/mol. The molecule has 1 aromatic carbocycles. The third-order valence-electron chi connectivity index (χ3n) is 4.24. The van der Waals surface area contributed by atoms with Crippen LogP contribution in [0.25, 0.3) is 0 Å². The number of anilines is 1. The summed E-state index contributed by atoms with van der Waals surface area (Å²) in [7, 11) is 0. The highest BCUT2D eigenvalue weighted by atomic mass is 32.2. The van der Waals surface area contributed by atoms with Crippen molar-refractivity contribution >= 4 is 23.5 Å². The zero-order chi connectivity index (χ0) is 17.1. The first kappa shape index (κ1) is 16.9. The summed E-state index contributed by atoms with van der Waals surface area (Å²) in [6.07, 6.45) is 0.252. The van der Waals surface area contributed by atoms with Crippen molar-refractivity contribution in [1.82, 2.24) is 4.91 Å². The Morgan fingerprint density at radius 1 is 1.33 bits per heavy atom. The molecule has 0 radical (unpaired) electrons. The molecule has 0 bridgehead atoms. The van der Waals surface area contributed by atoms with Gasteiger partial charge in [-0.1, -0.05) is 0 Å². The molecule has 1 N–H and O–H groups in total. The molecule has 128 valence electrons. The predicted octanol–water partition coefficient (Wildman–Crippen LogP) is 3.45. The van der Waals surface area contributed by atoms with E-state index in [-0.39, 0.29) is 30.3 Å². The summed E-state index contributed by atoms with van der Waals surface area (Å²) >= 11 is 1.79. The number of carbonyl (C=O) groups is 1. The first-order valence-corrected chi connectivity index (χ1v) is 8.83. The number of carbonyl (C=O) groups excluding carboxylic acids is 1. The second-order valence-electron chi connectivity index (χ2n) is 5.75. The molecule has 0 aromatic heterocycles. The van der Waals surface area contributed by atoms with Gasteiger partial charge in [-0.15, -0.1) is 0 Å². The quantitative estimate of drug-likeness (QED) is 0.663. The highest BCUT2D eigenvalue weighted by molar-refractivity contribution is 7.99. The van der Waals surface area contributed by atoms with E-state index in [4.69, 9.17) is 10.3 Å². The molecule has 2 aliphatic rings. The van der Waals surface area contributed by atoms with E-state index < -0.39 is 23.8 Å². The first-order chi connectivity index (χ1) is 11.6. The van der Waals surface area contributed by atoms with Crippen LogP contribution in [0.15, 0.2) is 17.2 Å². The summed E-state index contributed by atoms with van der Waals surface area (Å²) in [4.78, 5) is 15.9. The Labute approximate surface area is 141 Å². The molecule has 9 heteroatoms. The second-order valence-corrected chi connectivity index (χ2v) is 6.97. The van der Waals surface area contributed by atoms with Crippen LogP contribution in [0.4, 0.5) is 19.3 Å².